The van der Waals surface area contributed by atoms with E-state index in [1.807, 2.05) is 36.4 Å². The number of benzene rings is 2. The second-order valence-corrected chi connectivity index (χ2v) is 5.03. The van der Waals surface area contributed by atoms with Crippen molar-refractivity contribution in [3.05, 3.63) is 53.6 Å². The van der Waals surface area contributed by atoms with E-state index in [2.05, 4.69) is 10.3 Å². The van der Waals surface area contributed by atoms with Crippen LogP contribution in [0.4, 0.5) is 5.69 Å². The van der Waals surface area contributed by atoms with Gasteiger partial charge in [0.2, 0.25) is 6.79 Å². The number of amides is 1. The fraction of sp³-hybridized carbons (Fsp3) is 0.125. The number of carbonyl (C=O) groups excluding carboxylic acids is 1. The molecule has 0 bridgehead atoms. The molecule has 0 aliphatic carbocycles. The maximum atomic E-state index is 12.0. The predicted molar refractivity (Wildman–Crippen MR) is 81.3 cm³/mol. The number of nitrogens with one attached hydrogen (secondary N) is 1. The number of ether oxygens (including phenoxy) is 2. The smallest absolute Gasteiger partial charge is 0.263 e. The van der Waals surface area contributed by atoms with E-state index in [-0.39, 0.29) is 12.7 Å². The average molecular weight is 295 g/mol. The van der Waals surface area contributed by atoms with Crippen LogP contribution in [0.15, 0.2) is 47.5 Å². The SMILES string of the molecule is N[C@H]1N=C(c2ccccc2)c2cc3c(cc2NC1=O)OCO3. The molecule has 0 unspecified atom stereocenters. The summed E-state index contributed by atoms with van der Waals surface area (Å²) in [5.41, 5.74) is 8.76. The summed E-state index contributed by atoms with van der Waals surface area (Å²) in [7, 11) is 0. The zero-order valence-electron chi connectivity index (χ0n) is 11.6. The second kappa shape index (κ2) is 4.85. The number of nitrogens with zero attached hydrogens (tertiary/aromatic N) is 1. The van der Waals surface area contributed by atoms with Crippen molar-refractivity contribution < 1.29 is 14.3 Å². The normalized spacial score (nSPS) is 19.0. The number of rotatable bonds is 1. The lowest BCUT2D eigenvalue weighted by atomic mass is 10.00. The summed E-state index contributed by atoms with van der Waals surface area (Å²) in [6.45, 7) is 0.170. The molecule has 1 atom stereocenters. The topological polar surface area (TPSA) is 85.9 Å². The van der Waals surface area contributed by atoms with E-state index >= 15 is 0 Å². The summed E-state index contributed by atoms with van der Waals surface area (Å²) in [6.07, 6.45) is -0.959. The lowest BCUT2D eigenvalue weighted by Gasteiger charge is -2.11. The molecule has 0 aromatic heterocycles. The van der Waals surface area contributed by atoms with Crippen LogP contribution in [0.1, 0.15) is 11.1 Å². The Balaban J connectivity index is 1.94. The fourth-order valence-electron chi connectivity index (χ4n) is 2.54. The van der Waals surface area contributed by atoms with Crippen LogP contribution in [0.2, 0.25) is 0 Å². The van der Waals surface area contributed by atoms with Gasteiger partial charge in [-0.2, -0.15) is 0 Å². The van der Waals surface area contributed by atoms with Crippen LogP contribution in [-0.2, 0) is 4.79 Å². The Hall–Kier alpha value is -2.86. The molecule has 0 spiro atoms. The third-order valence-corrected chi connectivity index (χ3v) is 3.61. The molecule has 2 aromatic rings. The largest absolute Gasteiger partial charge is 0.454 e. The third kappa shape index (κ3) is 2.01. The van der Waals surface area contributed by atoms with Gasteiger partial charge in [-0.15, -0.1) is 0 Å². The molecule has 2 aliphatic rings. The summed E-state index contributed by atoms with van der Waals surface area (Å²) in [5.74, 6) is 0.875. The van der Waals surface area contributed by atoms with Gasteiger partial charge in [0.15, 0.2) is 17.7 Å². The molecule has 6 nitrogen and oxygen atoms in total. The molecule has 22 heavy (non-hydrogen) atoms. The van der Waals surface area contributed by atoms with Gasteiger partial charge in [-0.1, -0.05) is 30.3 Å². The lowest BCUT2D eigenvalue weighted by Crippen LogP contribution is -2.33. The van der Waals surface area contributed by atoms with Crippen molar-refractivity contribution in [3.8, 4) is 11.5 Å². The standard InChI is InChI=1S/C16H13N3O3/c17-15-16(20)18-11-7-13-12(21-8-22-13)6-10(11)14(19-15)9-4-2-1-3-5-9/h1-7,15H,8,17H2,(H,18,20)/t15-/m0/s1. The van der Waals surface area contributed by atoms with Crippen molar-refractivity contribution in [2.24, 2.45) is 10.7 Å². The highest BCUT2D eigenvalue weighted by Gasteiger charge is 2.26. The van der Waals surface area contributed by atoms with Crippen molar-refractivity contribution in [2.75, 3.05) is 12.1 Å². The highest BCUT2D eigenvalue weighted by molar-refractivity contribution is 6.20. The summed E-state index contributed by atoms with van der Waals surface area (Å²) in [5, 5.41) is 2.79. The monoisotopic (exact) mass is 295 g/mol. The number of hydrogen-bond acceptors (Lipinski definition) is 5. The average Bonchev–Trinajstić information content (AvgIpc) is 2.95. The molecule has 4 rings (SSSR count). The Morgan fingerprint density at radius 2 is 1.86 bits per heavy atom. The maximum absolute atomic E-state index is 12.0. The number of hydrogen-bond donors (Lipinski definition) is 2. The predicted octanol–water partition coefficient (Wildman–Crippen LogP) is 1.49. The maximum Gasteiger partial charge on any atom is 0.263 e. The minimum absolute atomic E-state index is 0.170. The Morgan fingerprint density at radius 3 is 2.64 bits per heavy atom. The Morgan fingerprint density at radius 1 is 1.14 bits per heavy atom. The van der Waals surface area contributed by atoms with Gasteiger partial charge in [0, 0.05) is 17.2 Å². The minimum atomic E-state index is -0.959. The molecule has 2 aliphatic heterocycles. The summed E-state index contributed by atoms with van der Waals surface area (Å²) in [4.78, 5) is 16.4. The van der Waals surface area contributed by atoms with Crippen LogP contribution in [0, 0.1) is 0 Å². The fourth-order valence-corrected chi connectivity index (χ4v) is 2.54. The van der Waals surface area contributed by atoms with E-state index in [1.165, 1.54) is 0 Å². The number of carbonyl (C=O) groups is 1. The molecule has 2 heterocycles. The van der Waals surface area contributed by atoms with Crippen LogP contribution >= 0.6 is 0 Å². The van der Waals surface area contributed by atoms with Crippen LogP contribution in [0.5, 0.6) is 11.5 Å². The molecule has 1 amide bonds. The zero-order valence-corrected chi connectivity index (χ0v) is 11.6. The van der Waals surface area contributed by atoms with Gasteiger partial charge in [0.1, 0.15) is 0 Å². The first-order valence-electron chi connectivity index (χ1n) is 6.86. The van der Waals surface area contributed by atoms with Gasteiger partial charge < -0.3 is 20.5 Å². The van der Waals surface area contributed by atoms with Gasteiger partial charge in [0.25, 0.3) is 5.91 Å². The minimum Gasteiger partial charge on any atom is -0.454 e. The van der Waals surface area contributed by atoms with E-state index in [4.69, 9.17) is 15.2 Å². The zero-order chi connectivity index (χ0) is 15.1. The van der Waals surface area contributed by atoms with Gasteiger partial charge in [0.05, 0.1) is 11.4 Å². The van der Waals surface area contributed by atoms with Crippen molar-refractivity contribution in [3.63, 3.8) is 0 Å². The van der Waals surface area contributed by atoms with Crippen molar-refractivity contribution in [2.45, 2.75) is 6.17 Å². The molecular weight excluding hydrogens is 282 g/mol. The molecule has 6 heteroatoms. The second-order valence-electron chi connectivity index (χ2n) is 5.03. The quantitative estimate of drug-likeness (QED) is 0.834. The van der Waals surface area contributed by atoms with Gasteiger partial charge >= 0.3 is 0 Å². The summed E-state index contributed by atoms with van der Waals surface area (Å²) >= 11 is 0. The lowest BCUT2D eigenvalue weighted by molar-refractivity contribution is -0.117. The molecule has 0 fully saturated rings. The highest BCUT2D eigenvalue weighted by atomic mass is 16.7. The molecule has 0 radical (unpaired) electrons. The van der Waals surface area contributed by atoms with Crippen LogP contribution in [-0.4, -0.2) is 24.6 Å². The number of nitrogens with two attached hydrogens (primary N) is 1. The van der Waals surface area contributed by atoms with Crippen LogP contribution < -0.4 is 20.5 Å². The molecule has 3 N–H and O–H groups in total. The van der Waals surface area contributed by atoms with E-state index in [1.54, 1.807) is 6.07 Å². The molecule has 110 valence electrons. The number of anilines is 1. The van der Waals surface area contributed by atoms with E-state index < -0.39 is 6.17 Å². The van der Waals surface area contributed by atoms with Crippen molar-refractivity contribution >= 4 is 17.3 Å². The first kappa shape index (κ1) is 12.8. The number of fused-ring (bicyclic) bond motifs is 2. The molecule has 0 saturated carbocycles. The Bertz CT molecular complexity index is 787. The highest BCUT2D eigenvalue weighted by Crippen LogP contribution is 2.38. The Labute approximate surface area is 126 Å². The Kier molecular flexibility index (Phi) is 2.83. The van der Waals surface area contributed by atoms with Gasteiger partial charge in [-0.3, -0.25) is 9.79 Å². The molecular formula is C16H13N3O3. The third-order valence-electron chi connectivity index (χ3n) is 3.61. The van der Waals surface area contributed by atoms with E-state index in [0.717, 1.165) is 11.1 Å². The summed E-state index contributed by atoms with van der Waals surface area (Å²) < 4.78 is 10.8. The van der Waals surface area contributed by atoms with E-state index in [9.17, 15) is 4.79 Å². The van der Waals surface area contributed by atoms with Crippen LogP contribution in [0.3, 0.4) is 0 Å². The first-order chi connectivity index (χ1) is 10.7. The molecule has 0 saturated heterocycles. The van der Waals surface area contributed by atoms with E-state index in [0.29, 0.717) is 22.9 Å². The van der Waals surface area contributed by atoms with Gasteiger partial charge in [-0.05, 0) is 6.07 Å². The van der Waals surface area contributed by atoms with Crippen LogP contribution in [0.25, 0.3) is 0 Å². The van der Waals surface area contributed by atoms with Crippen molar-refractivity contribution in [1.82, 2.24) is 0 Å². The number of aliphatic imine (C=N–C) groups is 1. The first-order valence-corrected chi connectivity index (χ1v) is 6.86. The summed E-state index contributed by atoms with van der Waals surface area (Å²) in [6, 6.07) is 13.2. The molecule has 2 aromatic carbocycles. The van der Waals surface area contributed by atoms with Crippen molar-refractivity contribution in [1.29, 1.82) is 0 Å². The van der Waals surface area contributed by atoms with Gasteiger partial charge in [-0.25, -0.2) is 0 Å².